The first-order chi connectivity index (χ1) is 15.5. The van der Waals surface area contributed by atoms with Crippen molar-refractivity contribution >= 4 is 26.8 Å². The molecule has 2 bridgehead atoms. The Morgan fingerprint density at radius 1 is 1.22 bits per heavy atom. The highest BCUT2D eigenvalue weighted by Gasteiger charge is 2.72. The monoisotopic (exact) mass is 492 g/mol. The fraction of sp³-hybridized carbons (Fsp3) is 0.462. The number of aromatic nitrogens is 1. The van der Waals surface area contributed by atoms with E-state index in [-0.39, 0.29) is 17.9 Å². The van der Waals surface area contributed by atoms with E-state index < -0.39 is 11.0 Å². The first kappa shape index (κ1) is 18.4. The summed E-state index contributed by atoms with van der Waals surface area (Å²) in [5, 5.41) is 24.7. The number of hydrogen-bond acceptors (Lipinski definition) is 4. The Kier molecular flexibility index (Phi) is 3.29. The van der Waals surface area contributed by atoms with Gasteiger partial charge in [-0.1, -0.05) is 18.2 Å². The normalized spacial score (nSPS) is 34.3. The number of piperidine rings is 1. The van der Waals surface area contributed by atoms with Gasteiger partial charge in [0.25, 0.3) is 0 Å². The zero-order valence-electron chi connectivity index (χ0n) is 17.7. The highest BCUT2D eigenvalue weighted by Crippen LogP contribution is 2.69. The molecule has 6 heteroatoms. The third kappa shape index (κ3) is 1.96. The second-order valence-corrected chi connectivity index (χ2v) is 11.5. The second-order valence-electron chi connectivity index (χ2n) is 10.6. The number of benzene rings is 2. The van der Waals surface area contributed by atoms with Crippen molar-refractivity contribution in [1.82, 2.24) is 9.88 Å². The number of phenols is 1. The molecule has 3 N–H and O–H groups in total. The summed E-state index contributed by atoms with van der Waals surface area (Å²) in [6, 6.07) is 10.2. The van der Waals surface area contributed by atoms with Crippen molar-refractivity contribution in [3.05, 3.63) is 57.2 Å². The number of H-pyrrole nitrogens is 1. The quantitative estimate of drug-likeness (QED) is 0.497. The summed E-state index contributed by atoms with van der Waals surface area (Å²) in [5.41, 5.74) is 4.13. The standard InChI is InChI=1S/C26H25BrN2O3/c27-17-3-1-2-15-16-11-26(31)19-10-14-6-7-18(30)23-20(14)25(26,8-9-29(19)12-13-4-5-13)24(32-23)22(16)28-21(15)17/h1-3,6-7,13,19,24,28,30-31H,4-5,8-12H2/t19-,24+,25+,26-/m1/s1. The molecule has 4 atom stereocenters. The van der Waals surface area contributed by atoms with E-state index in [4.69, 9.17) is 4.74 Å². The molecule has 3 heterocycles. The van der Waals surface area contributed by atoms with Crippen molar-refractivity contribution in [1.29, 1.82) is 0 Å². The Morgan fingerprint density at radius 3 is 2.94 bits per heavy atom. The van der Waals surface area contributed by atoms with Crippen molar-refractivity contribution in [3.63, 3.8) is 0 Å². The van der Waals surface area contributed by atoms with Crippen LogP contribution in [-0.4, -0.2) is 44.8 Å². The lowest BCUT2D eigenvalue weighted by Gasteiger charge is -2.62. The van der Waals surface area contributed by atoms with Crippen LogP contribution in [0.3, 0.4) is 0 Å². The van der Waals surface area contributed by atoms with Crippen molar-refractivity contribution < 1.29 is 14.9 Å². The highest BCUT2D eigenvalue weighted by molar-refractivity contribution is 9.10. The number of para-hydroxylation sites is 1. The molecule has 32 heavy (non-hydrogen) atoms. The average molecular weight is 493 g/mol. The SMILES string of the molecule is Oc1ccc2c3c1O[C@H]1c4[nH]c5c(Br)cccc5c4C[C@@]4(O)[C@@H](C2)N(CC2CC2)CC[C@]314. The second kappa shape index (κ2) is 5.72. The van der Waals surface area contributed by atoms with E-state index in [1.165, 1.54) is 24.0 Å². The predicted molar refractivity (Wildman–Crippen MR) is 124 cm³/mol. The van der Waals surface area contributed by atoms with Crippen LogP contribution in [0.1, 0.15) is 47.8 Å². The minimum absolute atomic E-state index is 0.0659. The molecule has 8 rings (SSSR count). The molecule has 0 unspecified atom stereocenters. The Labute approximate surface area is 194 Å². The molecule has 3 aliphatic carbocycles. The summed E-state index contributed by atoms with van der Waals surface area (Å²) in [7, 11) is 0. The molecule has 164 valence electrons. The topological polar surface area (TPSA) is 68.7 Å². The maximum atomic E-state index is 12.8. The summed E-state index contributed by atoms with van der Waals surface area (Å²) < 4.78 is 7.65. The van der Waals surface area contributed by atoms with Crippen molar-refractivity contribution in [2.45, 2.75) is 55.3 Å². The molecular weight excluding hydrogens is 468 g/mol. The van der Waals surface area contributed by atoms with Crippen LogP contribution in [0.25, 0.3) is 10.9 Å². The van der Waals surface area contributed by atoms with Gasteiger partial charge in [-0.2, -0.15) is 0 Å². The number of nitrogens with zero attached hydrogens (tertiary/aromatic N) is 1. The van der Waals surface area contributed by atoms with Gasteiger partial charge in [0, 0.05) is 34.4 Å². The largest absolute Gasteiger partial charge is 0.504 e. The lowest BCUT2D eigenvalue weighted by molar-refractivity contribution is -0.173. The van der Waals surface area contributed by atoms with Crippen LogP contribution >= 0.6 is 15.9 Å². The first-order valence-corrected chi connectivity index (χ1v) is 12.6. The van der Waals surface area contributed by atoms with Gasteiger partial charge in [0.1, 0.15) is 0 Å². The minimum atomic E-state index is -0.929. The molecule has 2 aliphatic heterocycles. The van der Waals surface area contributed by atoms with E-state index >= 15 is 0 Å². The number of phenolic OH excluding ortho intramolecular Hbond substituents is 1. The Morgan fingerprint density at radius 2 is 2.09 bits per heavy atom. The molecular formula is C26H25BrN2O3. The van der Waals surface area contributed by atoms with E-state index in [1.54, 1.807) is 6.07 Å². The molecule has 1 saturated carbocycles. The molecule has 0 radical (unpaired) electrons. The lowest BCUT2D eigenvalue weighted by atomic mass is 9.49. The van der Waals surface area contributed by atoms with Crippen LogP contribution in [0.5, 0.6) is 11.5 Å². The van der Waals surface area contributed by atoms with Gasteiger partial charge in [-0.3, -0.25) is 4.90 Å². The summed E-state index contributed by atoms with van der Waals surface area (Å²) in [4.78, 5) is 6.24. The van der Waals surface area contributed by atoms with Gasteiger partial charge in [0.05, 0.1) is 22.2 Å². The summed E-state index contributed by atoms with van der Waals surface area (Å²) in [6.07, 6.45) is 4.58. The van der Waals surface area contributed by atoms with Crippen LogP contribution in [0.15, 0.2) is 34.8 Å². The van der Waals surface area contributed by atoms with Crippen LogP contribution < -0.4 is 4.74 Å². The zero-order chi connectivity index (χ0) is 21.4. The van der Waals surface area contributed by atoms with Crippen LogP contribution in [0.4, 0.5) is 0 Å². The summed E-state index contributed by atoms with van der Waals surface area (Å²) >= 11 is 3.71. The molecule has 1 aromatic heterocycles. The van der Waals surface area contributed by atoms with Crippen LogP contribution in [0.2, 0.25) is 0 Å². The first-order valence-electron chi connectivity index (χ1n) is 11.8. The Balaban J connectivity index is 1.43. The summed E-state index contributed by atoms with van der Waals surface area (Å²) in [5.74, 6) is 1.56. The van der Waals surface area contributed by atoms with E-state index in [0.29, 0.717) is 12.2 Å². The molecule has 2 aromatic carbocycles. The number of ether oxygens (including phenoxy) is 1. The number of nitrogens with one attached hydrogen (secondary N) is 1. The number of rotatable bonds is 2. The minimum Gasteiger partial charge on any atom is -0.504 e. The van der Waals surface area contributed by atoms with Gasteiger partial charge < -0.3 is 19.9 Å². The molecule has 1 saturated heterocycles. The summed E-state index contributed by atoms with van der Waals surface area (Å²) in [6.45, 7) is 2.05. The Bertz CT molecular complexity index is 1330. The lowest BCUT2D eigenvalue weighted by Crippen LogP contribution is -2.74. The number of fused-ring (bicyclic) bond motifs is 4. The number of halogens is 1. The van der Waals surface area contributed by atoms with Crippen molar-refractivity contribution in [2.75, 3.05) is 13.1 Å². The van der Waals surface area contributed by atoms with Gasteiger partial charge >= 0.3 is 0 Å². The third-order valence-electron chi connectivity index (χ3n) is 9.15. The fourth-order valence-corrected chi connectivity index (χ4v) is 8.08. The predicted octanol–water partition coefficient (Wildman–Crippen LogP) is 4.34. The zero-order valence-corrected chi connectivity index (χ0v) is 19.3. The van der Waals surface area contributed by atoms with E-state index in [0.717, 1.165) is 58.5 Å². The third-order valence-corrected chi connectivity index (χ3v) is 9.81. The van der Waals surface area contributed by atoms with Gasteiger partial charge in [-0.05, 0) is 77.3 Å². The highest BCUT2D eigenvalue weighted by atomic mass is 79.9. The number of likely N-dealkylation sites (tertiary alicyclic amines) is 1. The fourth-order valence-electron chi connectivity index (χ4n) is 7.61. The van der Waals surface area contributed by atoms with E-state index in [9.17, 15) is 10.2 Å². The maximum absolute atomic E-state index is 12.8. The average Bonchev–Trinajstić information content (AvgIpc) is 3.40. The smallest absolute Gasteiger partial charge is 0.166 e. The van der Waals surface area contributed by atoms with E-state index in [1.807, 2.05) is 6.07 Å². The molecule has 1 spiro atoms. The number of aromatic hydroxyl groups is 1. The molecule has 3 aromatic rings. The maximum Gasteiger partial charge on any atom is 0.166 e. The number of hydrogen-bond donors (Lipinski definition) is 3. The van der Waals surface area contributed by atoms with Gasteiger partial charge in [0.2, 0.25) is 0 Å². The van der Waals surface area contributed by atoms with Crippen molar-refractivity contribution in [2.24, 2.45) is 5.92 Å². The van der Waals surface area contributed by atoms with Gasteiger partial charge in [-0.25, -0.2) is 0 Å². The number of aliphatic hydroxyl groups is 1. The van der Waals surface area contributed by atoms with Crippen LogP contribution in [0, 0.1) is 5.92 Å². The van der Waals surface area contributed by atoms with Crippen molar-refractivity contribution in [3.8, 4) is 11.5 Å². The van der Waals surface area contributed by atoms with E-state index in [2.05, 4.69) is 44.0 Å². The number of aromatic amines is 1. The van der Waals surface area contributed by atoms with Crippen LogP contribution in [-0.2, 0) is 18.3 Å². The molecule has 5 nitrogen and oxygen atoms in total. The Hall–Kier alpha value is -2.02. The van der Waals surface area contributed by atoms with Gasteiger partial charge in [-0.15, -0.1) is 0 Å². The molecule has 5 aliphatic rings. The molecule has 0 amide bonds. The molecule has 2 fully saturated rings. The van der Waals surface area contributed by atoms with Gasteiger partial charge in [0.15, 0.2) is 17.6 Å².